The molecule has 0 amide bonds. The Kier molecular flexibility index (Phi) is 4.95. The quantitative estimate of drug-likeness (QED) is 0.763. The van der Waals surface area contributed by atoms with Gasteiger partial charge in [-0.2, -0.15) is 0 Å². The first kappa shape index (κ1) is 14.8. The van der Waals surface area contributed by atoms with Crippen LogP contribution in [0.25, 0.3) is 0 Å². The van der Waals surface area contributed by atoms with E-state index in [1.807, 2.05) is 0 Å². The van der Waals surface area contributed by atoms with Gasteiger partial charge >= 0.3 is 5.97 Å². The first-order valence-corrected chi connectivity index (χ1v) is 7.28. The molecule has 1 aliphatic rings. The highest BCUT2D eigenvalue weighted by atomic mass is 16.4. The maximum Gasteiger partial charge on any atom is 0.335 e. The summed E-state index contributed by atoms with van der Waals surface area (Å²) in [6.45, 7) is 3.80. The van der Waals surface area contributed by atoms with Crippen molar-refractivity contribution < 1.29 is 9.90 Å². The van der Waals surface area contributed by atoms with Crippen LogP contribution in [0.3, 0.4) is 0 Å². The number of nitrogens with zero attached hydrogens (tertiary/aromatic N) is 2. The summed E-state index contributed by atoms with van der Waals surface area (Å²) in [5, 5.41) is 12.4. The summed E-state index contributed by atoms with van der Waals surface area (Å²) in [5.74, 6) is -0.236. The minimum absolute atomic E-state index is 0.307. The van der Waals surface area contributed by atoms with Gasteiger partial charge in [0.2, 0.25) is 0 Å². The molecule has 0 unspecified atom stereocenters. The van der Waals surface area contributed by atoms with E-state index in [2.05, 4.69) is 29.2 Å². The Bertz CT molecular complexity index is 472. The van der Waals surface area contributed by atoms with Crippen LogP contribution in [0.2, 0.25) is 0 Å². The number of rotatable bonds is 8. The minimum Gasteiger partial charge on any atom is -0.478 e. The lowest BCUT2D eigenvalue weighted by Crippen LogP contribution is -2.27. The van der Waals surface area contributed by atoms with Gasteiger partial charge in [0, 0.05) is 24.8 Å². The first-order valence-electron chi connectivity index (χ1n) is 7.28. The Labute approximate surface area is 120 Å². The lowest BCUT2D eigenvalue weighted by atomic mass is 10.1. The molecule has 1 aromatic rings. The van der Waals surface area contributed by atoms with Gasteiger partial charge in [-0.05, 0) is 38.4 Å². The summed E-state index contributed by atoms with van der Waals surface area (Å²) in [6, 6.07) is 4.01. The van der Waals surface area contributed by atoms with Gasteiger partial charge in [0.05, 0.1) is 5.56 Å². The fraction of sp³-hybridized carbons (Fsp3) is 0.600. The Balaban J connectivity index is 1.95. The normalized spacial score (nSPS) is 14.6. The number of aromatic carboxylic acids is 1. The van der Waals surface area contributed by atoms with Crippen molar-refractivity contribution in [3.05, 3.63) is 23.4 Å². The van der Waals surface area contributed by atoms with Gasteiger partial charge in [-0.25, -0.2) is 9.78 Å². The number of hydrogen-bond acceptors (Lipinski definition) is 4. The van der Waals surface area contributed by atoms with Crippen molar-refractivity contribution in [3.63, 3.8) is 0 Å². The summed E-state index contributed by atoms with van der Waals surface area (Å²) in [4.78, 5) is 17.9. The maximum atomic E-state index is 11.1. The van der Waals surface area contributed by atoms with Crippen molar-refractivity contribution in [1.29, 1.82) is 0 Å². The Morgan fingerprint density at radius 2 is 2.25 bits per heavy atom. The van der Waals surface area contributed by atoms with Crippen LogP contribution in [0.4, 0.5) is 5.82 Å². The zero-order chi connectivity index (χ0) is 14.5. The van der Waals surface area contributed by atoms with E-state index in [-0.39, 0.29) is 0 Å². The number of hydrogen-bond donors (Lipinski definition) is 2. The van der Waals surface area contributed by atoms with Gasteiger partial charge in [0.25, 0.3) is 0 Å². The summed E-state index contributed by atoms with van der Waals surface area (Å²) in [7, 11) is 2.13. The van der Waals surface area contributed by atoms with E-state index >= 15 is 0 Å². The molecule has 0 spiro atoms. The molecule has 0 radical (unpaired) electrons. The van der Waals surface area contributed by atoms with Crippen molar-refractivity contribution in [1.82, 2.24) is 9.88 Å². The molecule has 0 atom stereocenters. The molecule has 5 heteroatoms. The van der Waals surface area contributed by atoms with Crippen LogP contribution in [0.5, 0.6) is 0 Å². The van der Waals surface area contributed by atoms with Crippen LogP contribution in [-0.2, 0) is 6.42 Å². The fourth-order valence-corrected chi connectivity index (χ4v) is 2.24. The third-order valence-electron chi connectivity index (χ3n) is 3.57. The number of pyridine rings is 1. The Morgan fingerprint density at radius 1 is 1.50 bits per heavy atom. The monoisotopic (exact) mass is 277 g/mol. The van der Waals surface area contributed by atoms with Gasteiger partial charge in [0.15, 0.2) is 0 Å². The van der Waals surface area contributed by atoms with Crippen molar-refractivity contribution in [2.75, 3.05) is 25.5 Å². The first-order chi connectivity index (χ1) is 9.60. The summed E-state index contributed by atoms with van der Waals surface area (Å²) in [6.07, 6.45) is 4.35. The second-order valence-corrected chi connectivity index (χ2v) is 5.43. The second-order valence-electron chi connectivity index (χ2n) is 5.43. The number of carboxylic acids is 1. The number of aryl methyl sites for hydroxylation is 1. The molecule has 1 heterocycles. The highest BCUT2D eigenvalue weighted by molar-refractivity contribution is 5.88. The number of carboxylic acid groups (broad SMARTS) is 1. The zero-order valence-corrected chi connectivity index (χ0v) is 12.2. The Hall–Kier alpha value is -1.62. The van der Waals surface area contributed by atoms with Gasteiger partial charge in [0.1, 0.15) is 5.82 Å². The number of aromatic nitrogens is 1. The van der Waals surface area contributed by atoms with E-state index in [9.17, 15) is 4.79 Å². The van der Waals surface area contributed by atoms with Crippen LogP contribution < -0.4 is 5.32 Å². The van der Waals surface area contributed by atoms with Crippen molar-refractivity contribution in [2.45, 2.75) is 38.6 Å². The number of likely N-dealkylation sites (N-methyl/N-ethyl adjacent to an activating group) is 1. The summed E-state index contributed by atoms with van der Waals surface area (Å²) in [5.41, 5.74) is 1.15. The molecule has 1 fully saturated rings. The molecule has 0 bridgehead atoms. The average Bonchev–Trinajstić information content (AvgIpc) is 3.23. The molecular weight excluding hydrogens is 254 g/mol. The molecule has 5 nitrogen and oxygen atoms in total. The highest BCUT2D eigenvalue weighted by Crippen LogP contribution is 2.24. The van der Waals surface area contributed by atoms with Crippen LogP contribution in [0, 0.1) is 0 Å². The molecular formula is C15H23N3O2. The molecule has 0 aromatic carbocycles. The molecule has 1 aromatic heterocycles. The van der Waals surface area contributed by atoms with E-state index in [0.717, 1.165) is 37.7 Å². The van der Waals surface area contributed by atoms with Crippen molar-refractivity contribution >= 4 is 11.8 Å². The largest absolute Gasteiger partial charge is 0.478 e. The van der Waals surface area contributed by atoms with Gasteiger partial charge in [-0.1, -0.05) is 13.3 Å². The van der Waals surface area contributed by atoms with Gasteiger partial charge < -0.3 is 15.3 Å². The number of carbonyl (C=O) groups is 1. The Morgan fingerprint density at radius 3 is 2.85 bits per heavy atom. The molecule has 1 aliphatic carbocycles. The fourth-order valence-electron chi connectivity index (χ4n) is 2.24. The van der Waals surface area contributed by atoms with E-state index in [0.29, 0.717) is 11.4 Å². The molecule has 2 rings (SSSR count). The molecule has 2 N–H and O–H groups in total. The van der Waals surface area contributed by atoms with Gasteiger partial charge in [-0.15, -0.1) is 0 Å². The van der Waals surface area contributed by atoms with Crippen LogP contribution in [0.15, 0.2) is 12.1 Å². The minimum atomic E-state index is -0.900. The third kappa shape index (κ3) is 4.20. The third-order valence-corrected chi connectivity index (χ3v) is 3.57. The standard InChI is InChI=1S/C15H23N3O2/c1-3-4-12-9-11(15(19)20)10-14(17-12)16-7-8-18(2)13-5-6-13/h9-10,13H,3-8H2,1-2H3,(H,16,17)(H,19,20). The van der Waals surface area contributed by atoms with Crippen LogP contribution in [-0.4, -0.2) is 47.1 Å². The molecule has 110 valence electrons. The van der Waals surface area contributed by atoms with E-state index < -0.39 is 5.97 Å². The van der Waals surface area contributed by atoms with E-state index in [1.165, 1.54) is 12.8 Å². The maximum absolute atomic E-state index is 11.1. The molecule has 1 saturated carbocycles. The topological polar surface area (TPSA) is 65.5 Å². The van der Waals surface area contributed by atoms with Crippen LogP contribution in [0.1, 0.15) is 42.2 Å². The molecule has 0 saturated heterocycles. The number of nitrogens with one attached hydrogen (secondary N) is 1. The summed E-state index contributed by atoms with van der Waals surface area (Å²) >= 11 is 0. The molecule has 0 aliphatic heterocycles. The lowest BCUT2D eigenvalue weighted by Gasteiger charge is -2.16. The average molecular weight is 277 g/mol. The highest BCUT2D eigenvalue weighted by Gasteiger charge is 2.25. The van der Waals surface area contributed by atoms with Crippen LogP contribution >= 0.6 is 0 Å². The second kappa shape index (κ2) is 6.70. The summed E-state index contributed by atoms with van der Waals surface area (Å²) < 4.78 is 0. The van der Waals surface area contributed by atoms with Gasteiger partial charge in [-0.3, -0.25) is 0 Å². The predicted octanol–water partition coefficient (Wildman–Crippen LogP) is 2.24. The van der Waals surface area contributed by atoms with Crippen molar-refractivity contribution in [2.24, 2.45) is 0 Å². The van der Waals surface area contributed by atoms with Crippen molar-refractivity contribution in [3.8, 4) is 0 Å². The lowest BCUT2D eigenvalue weighted by molar-refractivity contribution is 0.0696. The SMILES string of the molecule is CCCc1cc(C(=O)O)cc(NCCN(C)C2CC2)n1. The molecule has 20 heavy (non-hydrogen) atoms. The smallest absolute Gasteiger partial charge is 0.335 e. The predicted molar refractivity (Wildman–Crippen MR) is 79.3 cm³/mol. The van der Waals surface area contributed by atoms with E-state index in [1.54, 1.807) is 12.1 Å². The number of anilines is 1. The van der Waals surface area contributed by atoms with E-state index in [4.69, 9.17) is 5.11 Å². The zero-order valence-electron chi connectivity index (χ0n) is 12.2.